The number of benzene rings is 1. The monoisotopic (exact) mass is 343 g/mol. The molecule has 1 aliphatic rings. The highest BCUT2D eigenvalue weighted by Crippen LogP contribution is 2.24. The van der Waals surface area contributed by atoms with Gasteiger partial charge in [-0.05, 0) is 74.9 Å². The van der Waals surface area contributed by atoms with E-state index in [4.69, 9.17) is 16.6 Å². The lowest BCUT2D eigenvalue weighted by Gasteiger charge is -2.33. The second kappa shape index (κ2) is 8.31. The zero-order chi connectivity index (χ0) is 16.8. The molecule has 0 saturated carbocycles. The molecule has 0 bridgehead atoms. The minimum absolute atomic E-state index is 0.220. The van der Waals surface area contributed by atoms with Crippen molar-refractivity contribution >= 4 is 23.0 Å². The van der Waals surface area contributed by atoms with Crippen molar-refractivity contribution in [3.05, 3.63) is 54.0 Å². The van der Waals surface area contributed by atoms with Gasteiger partial charge >= 0.3 is 0 Å². The van der Waals surface area contributed by atoms with E-state index in [2.05, 4.69) is 40.7 Å². The fourth-order valence-corrected chi connectivity index (χ4v) is 3.41. The number of nitrogens with one attached hydrogen (secondary N) is 2. The van der Waals surface area contributed by atoms with Gasteiger partial charge in [0.25, 0.3) is 0 Å². The molecule has 0 aliphatic carbocycles. The molecule has 128 valence electrons. The third-order valence-electron chi connectivity index (χ3n) is 4.43. The average molecular weight is 343 g/mol. The maximum atomic E-state index is 5.67. The summed E-state index contributed by atoms with van der Waals surface area (Å²) in [5.74, 6) is 1.00. The molecule has 2 aromatic rings. The highest BCUT2D eigenvalue weighted by molar-refractivity contribution is 7.80. The van der Waals surface area contributed by atoms with E-state index in [1.807, 2.05) is 18.2 Å². The van der Waals surface area contributed by atoms with Gasteiger partial charge in [0.15, 0.2) is 5.11 Å². The Balaban J connectivity index is 1.59. The number of anilines is 1. The van der Waals surface area contributed by atoms with Crippen molar-refractivity contribution in [2.45, 2.75) is 32.2 Å². The maximum Gasteiger partial charge on any atom is 0.170 e. The first-order valence-corrected chi connectivity index (χ1v) is 9.02. The normalized spacial score (nSPS) is 16.5. The van der Waals surface area contributed by atoms with Gasteiger partial charge in [-0.3, -0.25) is 4.90 Å². The van der Waals surface area contributed by atoms with Crippen molar-refractivity contribution in [3.8, 4) is 0 Å². The van der Waals surface area contributed by atoms with Gasteiger partial charge in [0.05, 0.1) is 12.3 Å². The molecule has 5 heteroatoms. The van der Waals surface area contributed by atoms with E-state index < -0.39 is 0 Å². The summed E-state index contributed by atoms with van der Waals surface area (Å²) < 4.78 is 5.67. The summed E-state index contributed by atoms with van der Waals surface area (Å²) in [6.07, 6.45) is 5.57. The summed E-state index contributed by atoms with van der Waals surface area (Å²) in [6, 6.07) is 12.4. The third-order valence-corrected chi connectivity index (χ3v) is 4.68. The molecular weight excluding hydrogens is 318 g/mol. The second-order valence-electron chi connectivity index (χ2n) is 6.33. The van der Waals surface area contributed by atoms with E-state index in [-0.39, 0.29) is 6.04 Å². The predicted molar refractivity (Wildman–Crippen MR) is 102 cm³/mol. The highest BCUT2D eigenvalue weighted by Gasteiger charge is 2.24. The van der Waals surface area contributed by atoms with Gasteiger partial charge in [0.2, 0.25) is 0 Å². The summed E-state index contributed by atoms with van der Waals surface area (Å²) in [7, 11) is 0. The lowest BCUT2D eigenvalue weighted by molar-refractivity contribution is 0.146. The van der Waals surface area contributed by atoms with Gasteiger partial charge in [0, 0.05) is 12.2 Å². The first-order chi connectivity index (χ1) is 11.7. The van der Waals surface area contributed by atoms with Crippen molar-refractivity contribution in [1.82, 2.24) is 10.2 Å². The van der Waals surface area contributed by atoms with Crippen LogP contribution in [0.15, 0.2) is 47.1 Å². The molecule has 2 heterocycles. The Morgan fingerprint density at radius 2 is 2.04 bits per heavy atom. The van der Waals surface area contributed by atoms with Gasteiger partial charge in [0.1, 0.15) is 5.76 Å². The Kier molecular flexibility index (Phi) is 5.88. The molecule has 1 aliphatic heterocycles. The molecule has 1 aromatic heterocycles. The van der Waals surface area contributed by atoms with Crippen LogP contribution in [0, 0.1) is 6.92 Å². The topological polar surface area (TPSA) is 40.4 Å². The minimum atomic E-state index is 0.220. The zero-order valence-corrected chi connectivity index (χ0v) is 14.9. The molecule has 24 heavy (non-hydrogen) atoms. The Morgan fingerprint density at radius 1 is 1.21 bits per heavy atom. The number of nitrogens with zero attached hydrogens (tertiary/aromatic N) is 1. The number of aryl methyl sites for hydroxylation is 1. The molecule has 1 atom stereocenters. The molecule has 1 aromatic carbocycles. The number of hydrogen-bond donors (Lipinski definition) is 2. The van der Waals surface area contributed by atoms with Crippen LogP contribution in [0.3, 0.4) is 0 Å². The van der Waals surface area contributed by atoms with Crippen molar-refractivity contribution in [3.63, 3.8) is 0 Å². The van der Waals surface area contributed by atoms with Crippen molar-refractivity contribution in [2.75, 3.05) is 25.0 Å². The molecule has 0 spiro atoms. The first-order valence-electron chi connectivity index (χ1n) is 8.61. The molecule has 2 N–H and O–H groups in total. The van der Waals surface area contributed by atoms with Crippen LogP contribution in [-0.4, -0.2) is 29.6 Å². The minimum Gasteiger partial charge on any atom is -0.468 e. The summed E-state index contributed by atoms with van der Waals surface area (Å²) in [5.41, 5.74) is 2.23. The highest BCUT2D eigenvalue weighted by atomic mass is 32.1. The number of piperidine rings is 1. The second-order valence-corrected chi connectivity index (χ2v) is 6.74. The van der Waals surface area contributed by atoms with E-state index in [0.717, 1.165) is 31.1 Å². The van der Waals surface area contributed by atoms with Crippen LogP contribution in [-0.2, 0) is 0 Å². The largest absolute Gasteiger partial charge is 0.468 e. The van der Waals surface area contributed by atoms with Gasteiger partial charge in [-0.15, -0.1) is 0 Å². The molecule has 4 nitrogen and oxygen atoms in total. The summed E-state index contributed by atoms with van der Waals surface area (Å²) in [4.78, 5) is 2.49. The zero-order valence-electron chi connectivity index (χ0n) is 14.1. The number of furan rings is 1. The maximum absolute atomic E-state index is 5.67. The molecule has 3 rings (SSSR count). The SMILES string of the molecule is Cc1cccc(NC(=S)NC[C@@H](c2ccco2)N2CCCCC2)c1. The molecule has 0 radical (unpaired) electrons. The van der Waals surface area contributed by atoms with Gasteiger partial charge in [-0.1, -0.05) is 18.6 Å². The van der Waals surface area contributed by atoms with E-state index in [9.17, 15) is 0 Å². The Labute approximate surface area is 149 Å². The lowest BCUT2D eigenvalue weighted by atomic mass is 10.1. The number of likely N-dealkylation sites (tertiary alicyclic amines) is 1. The van der Waals surface area contributed by atoms with Crippen molar-refractivity contribution < 1.29 is 4.42 Å². The van der Waals surface area contributed by atoms with Crippen LogP contribution in [0.2, 0.25) is 0 Å². The fraction of sp³-hybridized carbons (Fsp3) is 0.421. The Bertz CT molecular complexity index is 650. The lowest BCUT2D eigenvalue weighted by Crippen LogP contribution is -2.41. The number of hydrogen-bond acceptors (Lipinski definition) is 3. The van der Waals surface area contributed by atoms with Gasteiger partial charge < -0.3 is 15.1 Å². The molecule has 0 unspecified atom stereocenters. The Hall–Kier alpha value is -1.85. The number of rotatable bonds is 5. The van der Waals surface area contributed by atoms with E-state index in [1.54, 1.807) is 6.26 Å². The third kappa shape index (κ3) is 4.58. The van der Waals surface area contributed by atoms with E-state index in [0.29, 0.717) is 5.11 Å². The summed E-state index contributed by atoms with van der Waals surface area (Å²) in [6.45, 7) is 5.05. The van der Waals surface area contributed by atoms with Crippen molar-refractivity contribution in [2.24, 2.45) is 0 Å². The van der Waals surface area contributed by atoms with Crippen molar-refractivity contribution in [1.29, 1.82) is 0 Å². The average Bonchev–Trinajstić information content (AvgIpc) is 3.10. The van der Waals surface area contributed by atoms with Gasteiger partial charge in [-0.25, -0.2) is 0 Å². The Morgan fingerprint density at radius 3 is 2.75 bits per heavy atom. The number of thiocarbonyl (C=S) groups is 1. The van der Waals surface area contributed by atoms with Crippen LogP contribution in [0.25, 0.3) is 0 Å². The molecule has 1 fully saturated rings. The molecule has 1 saturated heterocycles. The van der Waals surface area contributed by atoms with Crippen LogP contribution in [0.5, 0.6) is 0 Å². The van der Waals surface area contributed by atoms with E-state index >= 15 is 0 Å². The van der Waals surface area contributed by atoms with Crippen LogP contribution < -0.4 is 10.6 Å². The molecule has 0 amide bonds. The van der Waals surface area contributed by atoms with Crippen LogP contribution in [0.1, 0.15) is 36.6 Å². The quantitative estimate of drug-likeness (QED) is 0.800. The fourth-order valence-electron chi connectivity index (χ4n) is 3.21. The first kappa shape index (κ1) is 17.0. The smallest absolute Gasteiger partial charge is 0.170 e. The summed E-state index contributed by atoms with van der Waals surface area (Å²) in [5, 5.41) is 7.26. The molecular formula is C19H25N3OS. The predicted octanol–water partition coefficient (Wildman–Crippen LogP) is 4.10. The van der Waals surface area contributed by atoms with Crippen LogP contribution in [0.4, 0.5) is 5.69 Å². The van der Waals surface area contributed by atoms with Gasteiger partial charge in [-0.2, -0.15) is 0 Å². The summed E-state index contributed by atoms with van der Waals surface area (Å²) >= 11 is 5.46. The van der Waals surface area contributed by atoms with Crippen LogP contribution >= 0.6 is 12.2 Å². The van der Waals surface area contributed by atoms with E-state index in [1.165, 1.54) is 24.8 Å². The standard InChI is InChI=1S/C19H25N3OS/c1-15-7-5-8-16(13-15)21-19(24)20-14-17(18-9-6-12-23-18)22-10-3-2-4-11-22/h5-9,12-13,17H,2-4,10-11,14H2,1H3,(H2,20,21,24)/t17-/m0/s1.